The van der Waals surface area contributed by atoms with Gasteiger partial charge in [0, 0.05) is 17.6 Å². The molecule has 0 aliphatic carbocycles. The van der Waals surface area contributed by atoms with Crippen molar-refractivity contribution in [3.63, 3.8) is 0 Å². The monoisotopic (exact) mass is 426 g/mol. The van der Waals surface area contributed by atoms with Crippen LogP contribution in [-0.2, 0) is 13.6 Å². The standard InChI is InChI=1S/C15H13BrClFN6O/c1-8-12(16)13(21-23(8)2)14(25)20-15-19-7-24(22-15)6-9-10(17)4-3-5-11(9)18/h3-5,7H,6H2,1-2H3,(H,20,22,25). The summed E-state index contributed by atoms with van der Waals surface area (Å²) in [7, 11) is 1.74. The first-order valence-electron chi connectivity index (χ1n) is 7.19. The van der Waals surface area contributed by atoms with E-state index in [1.807, 2.05) is 6.92 Å². The number of rotatable bonds is 4. The Hall–Kier alpha value is -2.26. The van der Waals surface area contributed by atoms with E-state index in [1.54, 1.807) is 17.8 Å². The summed E-state index contributed by atoms with van der Waals surface area (Å²) >= 11 is 9.33. The van der Waals surface area contributed by atoms with Crippen LogP contribution in [0.2, 0.25) is 5.02 Å². The van der Waals surface area contributed by atoms with Crippen molar-refractivity contribution in [1.29, 1.82) is 0 Å². The minimum absolute atomic E-state index is 0.0904. The first-order valence-corrected chi connectivity index (χ1v) is 8.36. The second-order valence-electron chi connectivity index (χ2n) is 5.29. The lowest BCUT2D eigenvalue weighted by molar-refractivity contribution is 0.102. The number of hydrogen-bond acceptors (Lipinski definition) is 4. The van der Waals surface area contributed by atoms with Gasteiger partial charge in [-0.1, -0.05) is 17.7 Å². The quantitative estimate of drug-likeness (QED) is 0.694. The average Bonchev–Trinajstić information content (AvgIpc) is 3.11. The smallest absolute Gasteiger partial charge is 0.279 e. The number of carbonyl (C=O) groups is 1. The second kappa shape index (κ2) is 6.93. The maximum Gasteiger partial charge on any atom is 0.279 e. The van der Waals surface area contributed by atoms with Crippen molar-refractivity contribution in [2.75, 3.05) is 5.32 Å². The number of nitrogens with zero attached hydrogens (tertiary/aromatic N) is 5. The molecule has 7 nitrogen and oxygen atoms in total. The number of amides is 1. The van der Waals surface area contributed by atoms with Gasteiger partial charge in [0.15, 0.2) is 5.69 Å². The third-order valence-corrected chi connectivity index (χ3v) is 4.92. The summed E-state index contributed by atoms with van der Waals surface area (Å²) in [5, 5.41) is 11.1. The van der Waals surface area contributed by atoms with Gasteiger partial charge in [-0.05, 0) is 35.0 Å². The number of benzene rings is 1. The van der Waals surface area contributed by atoms with Gasteiger partial charge in [0.25, 0.3) is 5.91 Å². The van der Waals surface area contributed by atoms with E-state index >= 15 is 0 Å². The molecule has 0 fully saturated rings. The van der Waals surface area contributed by atoms with Gasteiger partial charge < -0.3 is 0 Å². The van der Waals surface area contributed by atoms with Crippen LogP contribution in [0, 0.1) is 12.7 Å². The molecular weight excluding hydrogens is 415 g/mol. The Morgan fingerprint density at radius 1 is 1.40 bits per heavy atom. The largest absolute Gasteiger partial charge is 0.288 e. The molecule has 0 atom stereocenters. The maximum absolute atomic E-state index is 13.8. The van der Waals surface area contributed by atoms with Gasteiger partial charge >= 0.3 is 0 Å². The number of aryl methyl sites for hydroxylation is 1. The van der Waals surface area contributed by atoms with Crippen LogP contribution in [0.5, 0.6) is 0 Å². The van der Waals surface area contributed by atoms with Crippen LogP contribution in [0.15, 0.2) is 29.0 Å². The van der Waals surface area contributed by atoms with Crippen LogP contribution in [0.25, 0.3) is 0 Å². The maximum atomic E-state index is 13.8. The van der Waals surface area contributed by atoms with Crippen LogP contribution >= 0.6 is 27.5 Å². The highest BCUT2D eigenvalue weighted by Gasteiger charge is 2.19. The van der Waals surface area contributed by atoms with Gasteiger partial charge in [-0.2, -0.15) is 5.10 Å². The number of aromatic nitrogens is 5. The fourth-order valence-corrected chi connectivity index (χ4v) is 2.90. The van der Waals surface area contributed by atoms with Crippen LogP contribution in [-0.4, -0.2) is 30.5 Å². The molecule has 1 amide bonds. The Balaban J connectivity index is 1.75. The molecule has 10 heteroatoms. The van der Waals surface area contributed by atoms with E-state index in [4.69, 9.17) is 11.6 Å². The van der Waals surface area contributed by atoms with Crippen molar-refractivity contribution < 1.29 is 9.18 Å². The summed E-state index contributed by atoms with van der Waals surface area (Å²) in [5.74, 6) is -0.786. The van der Waals surface area contributed by atoms with Crippen LogP contribution in [0.1, 0.15) is 21.7 Å². The lowest BCUT2D eigenvalue weighted by atomic mass is 10.2. The highest BCUT2D eigenvalue weighted by molar-refractivity contribution is 9.10. The van der Waals surface area contributed by atoms with E-state index in [-0.39, 0.29) is 18.2 Å². The molecule has 25 heavy (non-hydrogen) atoms. The number of anilines is 1. The molecule has 130 valence electrons. The molecular formula is C15H13BrClFN6O. The Bertz CT molecular complexity index is 933. The minimum atomic E-state index is -0.447. The zero-order chi connectivity index (χ0) is 18.1. The molecule has 2 aromatic heterocycles. The van der Waals surface area contributed by atoms with Crippen molar-refractivity contribution in [3.05, 3.63) is 56.8 Å². The van der Waals surface area contributed by atoms with Gasteiger partial charge in [0.1, 0.15) is 12.1 Å². The molecule has 0 unspecified atom stereocenters. The zero-order valence-electron chi connectivity index (χ0n) is 13.3. The summed E-state index contributed by atoms with van der Waals surface area (Å²) in [5.41, 5.74) is 1.35. The molecule has 0 saturated heterocycles. The molecule has 3 rings (SSSR count). The first kappa shape index (κ1) is 17.6. The molecule has 0 spiro atoms. The highest BCUT2D eigenvalue weighted by atomic mass is 79.9. The van der Waals surface area contributed by atoms with E-state index in [0.29, 0.717) is 15.1 Å². The van der Waals surface area contributed by atoms with E-state index < -0.39 is 11.7 Å². The predicted octanol–water partition coefficient (Wildman–Crippen LogP) is 3.18. The van der Waals surface area contributed by atoms with E-state index in [1.165, 1.54) is 23.1 Å². The van der Waals surface area contributed by atoms with Crippen LogP contribution in [0.4, 0.5) is 10.3 Å². The van der Waals surface area contributed by atoms with E-state index in [0.717, 1.165) is 5.69 Å². The molecule has 0 saturated carbocycles. The normalized spacial score (nSPS) is 10.9. The lowest BCUT2D eigenvalue weighted by Gasteiger charge is -2.05. The summed E-state index contributed by atoms with van der Waals surface area (Å²) in [4.78, 5) is 16.3. The van der Waals surface area contributed by atoms with Gasteiger partial charge in [0.2, 0.25) is 5.95 Å². The van der Waals surface area contributed by atoms with Gasteiger partial charge in [-0.15, -0.1) is 5.10 Å². The third-order valence-electron chi connectivity index (χ3n) is 3.62. The number of halogens is 3. The van der Waals surface area contributed by atoms with Crippen molar-refractivity contribution in [3.8, 4) is 0 Å². The Morgan fingerprint density at radius 3 is 2.80 bits per heavy atom. The molecule has 0 radical (unpaired) electrons. The zero-order valence-corrected chi connectivity index (χ0v) is 15.6. The molecule has 0 bridgehead atoms. The SMILES string of the molecule is Cc1c(Br)c(C(=O)Nc2ncn(Cc3c(F)cccc3Cl)n2)nn1C. The Morgan fingerprint density at radius 2 is 2.16 bits per heavy atom. The summed E-state index contributed by atoms with van der Waals surface area (Å²) in [6.45, 7) is 1.93. The summed E-state index contributed by atoms with van der Waals surface area (Å²) in [6, 6.07) is 4.45. The van der Waals surface area contributed by atoms with Crippen LogP contribution in [0.3, 0.4) is 0 Å². The van der Waals surface area contributed by atoms with E-state index in [2.05, 4.69) is 36.4 Å². The average molecular weight is 428 g/mol. The van der Waals surface area contributed by atoms with Crippen molar-refractivity contribution in [1.82, 2.24) is 24.5 Å². The topological polar surface area (TPSA) is 77.6 Å². The minimum Gasteiger partial charge on any atom is -0.288 e. The first-order chi connectivity index (χ1) is 11.9. The van der Waals surface area contributed by atoms with E-state index in [9.17, 15) is 9.18 Å². The number of hydrogen-bond donors (Lipinski definition) is 1. The molecule has 3 aromatic rings. The molecule has 2 heterocycles. The predicted molar refractivity (Wildman–Crippen MR) is 94.1 cm³/mol. The second-order valence-corrected chi connectivity index (χ2v) is 6.49. The van der Waals surface area contributed by atoms with Crippen molar-refractivity contribution >= 4 is 39.4 Å². The fraction of sp³-hybridized carbons (Fsp3) is 0.200. The summed E-state index contributed by atoms with van der Waals surface area (Å²) < 4.78 is 17.4. The van der Waals surface area contributed by atoms with Gasteiger partial charge in [-0.3, -0.25) is 14.8 Å². The van der Waals surface area contributed by atoms with Crippen LogP contribution < -0.4 is 5.32 Å². The van der Waals surface area contributed by atoms with Crippen molar-refractivity contribution in [2.24, 2.45) is 7.05 Å². The summed E-state index contributed by atoms with van der Waals surface area (Å²) in [6.07, 6.45) is 1.39. The fourth-order valence-electron chi connectivity index (χ4n) is 2.16. The number of carbonyl (C=O) groups excluding carboxylic acids is 1. The Kier molecular flexibility index (Phi) is 4.87. The molecule has 0 aliphatic rings. The number of nitrogens with one attached hydrogen (secondary N) is 1. The van der Waals surface area contributed by atoms with Crippen molar-refractivity contribution in [2.45, 2.75) is 13.5 Å². The highest BCUT2D eigenvalue weighted by Crippen LogP contribution is 2.21. The molecule has 0 aliphatic heterocycles. The molecule has 1 aromatic carbocycles. The lowest BCUT2D eigenvalue weighted by Crippen LogP contribution is -2.15. The van der Waals surface area contributed by atoms with Gasteiger partial charge in [0.05, 0.1) is 16.7 Å². The third kappa shape index (κ3) is 3.57. The Labute approximate surface area is 155 Å². The molecule has 1 N–H and O–H groups in total. The van der Waals surface area contributed by atoms with Gasteiger partial charge in [-0.25, -0.2) is 14.1 Å².